The van der Waals surface area contributed by atoms with Crippen LogP contribution in [0.5, 0.6) is 0 Å². The van der Waals surface area contributed by atoms with Crippen molar-refractivity contribution in [2.45, 2.75) is 51.2 Å². The third-order valence-corrected chi connectivity index (χ3v) is 3.79. The number of aromatic nitrogens is 2. The molecule has 1 fully saturated rings. The number of methoxy groups -OCH3 is 1. The number of nitrogens with one attached hydrogen (secondary N) is 2. The summed E-state index contributed by atoms with van der Waals surface area (Å²) in [7, 11) is 1.63. The van der Waals surface area contributed by atoms with Crippen LogP contribution in [0.25, 0.3) is 0 Å². The monoisotopic (exact) mass is 294 g/mol. The summed E-state index contributed by atoms with van der Waals surface area (Å²) < 4.78 is 5.10. The highest BCUT2D eigenvalue weighted by atomic mass is 16.5. The summed E-state index contributed by atoms with van der Waals surface area (Å²) in [6.07, 6.45) is 5.13. The quantitative estimate of drug-likeness (QED) is 0.715. The summed E-state index contributed by atoms with van der Waals surface area (Å²) in [6, 6.07) is 1.87. The van der Waals surface area contributed by atoms with E-state index < -0.39 is 5.60 Å². The largest absolute Gasteiger partial charge is 0.388 e. The third kappa shape index (κ3) is 4.82. The Kier molecular flexibility index (Phi) is 5.76. The molecule has 0 unspecified atom stereocenters. The van der Waals surface area contributed by atoms with Gasteiger partial charge in [0.1, 0.15) is 18.2 Å². The molecule has 0 aliphatic heterocycles. The van der Waals surface area contributed by atoms with Crippen molar-refractivity contribution >= 4 is 11.6 Å². The minimum atomic E-state index is -0.608. The lowest BCUT2D eigenvalue weighted by Gasteiger charge is -2.32. The summed E-state index contributed by atoms with van der Waals surface area (Å²) in [6.45, 7) is 3.73. The fraction of sp³-hybridized carbons (Fsp3) is 0.733. The molecule has 0 spiro atoms. The molecule has 0 aromatic carbocycles. The molecule has 0 radical (unpaired) electrons. The van der Waals surface area contributed by atoms with Gasteiger partial charge in [0.2, 0.25) is 0 Å². The second-order valence-electron chi connectivity index (χ2n) is 5.66. The molecule has 1 aliphatic rings. The van der Waals surface area contributed by atoms with Crippen LogP contribution in [0, 0.1) is 0 Å². The first-order valence-corrected chi connectivity index (χ1v) is 7.72. The van der Waals surface area contributed by atoms with Crippen LogP contribution >= 0.6 is 0 Å². The zero-order chi connectivity index (χ0) is 15.1. The average Bonchev–Trinajstić information content (AvgIpc) is 2.47. The molecule has 0 atom stereocenters. The van der Waals surface area contributed by atoms with Gasteiger partial charge in [0, 0.05) is 26.3 Å². The van der Waals surface area contributed by atoms with Crippen molar-refractivity contribution < 1.29 is 9.84 Å². The number of aliphatic hydroxyl groups is 1. The van der Waals surface area contributed by atoms with E-state index in [1.54, 1.807) is 7.11 Å². The Balaban J connectivity index is 2.03. The SMILES string of the molecule is CCNc1cc(NCC2(O)CCCCC2)nc(COC)n1. The highest BCUT2D eigenvalue weighted by Gasteiger charge is 2.28. The molecule has 2 rings (SSSR count). The lowest BCUT2D eigenvalue weighted by Crippen LogP contribution is -2.39. The summed E-state index contributed by atoms with van der Waals surface area (Å²) in [5.41, 5.74) is -0.608. The zero-order valence-electron chi connectivity index (χ0n) is 13.0. The third-order valence-electron chi connectivity index (χ3n) is 3.79. The van der Waals surface area contributed by atoms with E-state index in [4.69, 9.17) is 4.74 Å². The minimum absolute atomic E-state index is 0.373. The molecule has 3 N–H and O–H groups in total. The van der Waals surface area contributed by atoms with E-state index in [-0.39, 0.29) is 0 Å². The Labute approximate surface area is 126 Å². The van der Waals surface area contributed by atoms with E-state index in [0.29, 0.717) is 19.0 Å². The van der Waals surface area contributed by atoms with Gasteiger partial charge in [-0.15, -0.1) is 0 Å². The van der Waals surface area contributed by atoms with Gasteiger partial charge in [-0.1, -0.05) is 19.3 Å². The summed E-state index contributed by atoms with van der Waals surface area (Å²) in [4.78, 5) is 8.80. The van der Waals surface area contributed by atoms with Crippen LogP contribution in [0.4, 0.5) is 11.6 Å². The van der Waals surface area contributed by atoms with Crippen molar-refractivity contribution in [3.05, 3.63) is 11.9 Å². The molecule has 1 saturated carbocycles. The maximum Gasteiger partial charge on any atom is 0.158 e. The molecule has 0 bridgehead atoms. The Morgan fingerprint density at radius 3 is 2.48 bits per heavy atom. The molecule has 6 heteroatoms. The van der Waals surface area contributed by atoms with Gasteiger partial charge in [-0.3, -0.25) is 0 Å². The van der Waals surface area contributed by atoms with E-state index in [1.165, 1.54) is 6.42 Å². The number of hydrogen-bond donors (Lipinski definition) is 3. The topological polar surface area (TPSA) is 79.3 Å². The molecule has 1 aromatic heterocycles. The molecule has 1 aliphatic carbocycles. The van der Waals surface area contributed by atoms with E-state index in [9.17, 15) is 5.11 Å². The van der Waals surface area contributed by atoms with Gasteiger partial charge in [0.25, 0.3) is 0 Å². The molecular formula is C15H26N4O2. The number of hydrogen-bond acceptors (Lipinski definition) is 6. The highest BCUT2D eigenvalue weighted by molar-refractivity contribution is 5.47. The van der Waals surface area contributed by atoms with E-state index in [1.807, 2.05) is 13.0 Å². The van der Waals surface area contributed by atoms with Gasteiger partial charge in [-0.25, -0.2) is 9.97 Å². The lowest BCUT2D eigenvalue weighted by atomic mass is 9.85. The molecular weight excluding hydrogens is 268 g/mol. The Morgan fingerprint density at radius 2 is 1.86 bits per heavy atom. The molecule has 0 saturated heterocycles. The average molecular weight is 294 g/mol. The molecule has 6 nitrogen and oxygen atoms in total. The van der Waals surface area contributed by atoms with Gasteiger partial charge in [-0.2, -0.15) is 0 Å². The molecule has 0 amide bonds. The van der Waals surface area contributed by atoms with Crippen LogP contribution in [0.3, 0.4) is 0 Å². The van der Waals surface area contributed by atoms with Gasteiger partial charge in [0.15, 0.2) is 5.82 Å². The van der Waals surface area contributed by atoms with Gasteiger partial charge in [0.05, 0.1) is 5.60 Å². The number of rotatable bonds is 7. The van der Waals surface area contributed by atoms with Crippen molar-refractivity contribution in [1.82, 2.24) is 9.97 Å². The van der Waals surface area contributed by atoms with E-state index in [2.05, 4.69) is 20.6 Å². The summed E-state index contributed by atoms with van der Waals surface area (Å²) >= 11 is 0. The normalized spacial score (nSPS) is 17.5. The van der Waals surface area contributed by atoms with Gasteiger partial charge >= 0.3 is 0 Å². The number of ether oxygens (including phenoxy) is 1. The van der Waals surface area contributed by atoms with Crippen LogP contribution in [-0.4, -0.2) is 40.9 Å². The number of anilines is 2. The summed E-state index contributed by atoms with van der Waals surface area (Å²) in [5, 5.41) is 17.0. The van der Waals surface area contributed by atoms with E-state index in [0.717, 1.165) is 43.9 Å². The predicted molar refractivity (Wildman–Crippen MR) is 83.4 cm³/mol. The van der Waals surface area contributed by atoms with Crippen LogP contribution in [0.15, 0.2) is 6.07 Å². The Hall–Kier alpha value is -1.40. The van der Waals surface area contributed by atoms with Gasteiger partial charge < -0.3 is 20.5 Å². The first kappa shape index (κ1) is 16.0. The van der Waals surface area contributed by atoms with Crippen LogP contribution < -0.4 is 10.6 Å². The first-order chi connectivity index (χ1) is 10.1. The van der Waals surface area contributed by atoms with Crippen molar-refractivity contribution in [2.24, 2.45) is 0 Å². The van der Waals surface area contributed by atoms with Crippen LogP contribution in [-0.2, 0) is 11.3 Å². The standard InChI is InChI=1S/C15H26N4O2/c1-3-16-12-9-13(19-14(18-12)10-21-2)17-11-15(20)7-5-4-6-8-15/h9,20H,3-8,10-11H2,1-2H3,(H2,16,17,18,19). The highest BCUT2D eigenvalue weighted by Crippen LogP contribution is 2.28. The Morgan fingerprint density at radius 1 is 1.19 bits per heavy atom. The fourth-order valence-electron chi connectivity index (χ4n) is 2.69. The smallest absolute Gasteiger partial charge is 0.158 e. The molecule has 21 heavy (non-hydrogen) atoms. The van der Waals surface area contributed by atoms with Crippen molar-refractivity contribution in [3.8, 4) is 0 Å². The van der Waals surface area contributed by atoms with E-state index >= 15 is 0 Å². The minimum Gasteiger partial charge on any atom is -0.388 e. The van der Waals surface area contributed by atoms with Gasteiger partial charge in [-0.05, 0) is 19.8 Å². The van der Waals surface area contributed by atoms with Crippen molar-refractivity contribution in [2.75, 3.05) is 30.8 Å². The van der Waals surface area contributed by atoms with Crippen LogP contribution in [0.1, 0.15) is 44.9 Å². The second kappa shape index (κ2) is 7.56. The van der Waals surface area contributed by atoms with Crippen molar-refractivity contribution in [3.63, 3.8) is 0 Å². The second-order valence-corrected chi connectivity index (χ2v) is 5.66. The van der Waals surface area contributed by atoms with Crippen molar-refractivity contribution in [1.29, 1.82) is 0 Å². The fourth-order valence-corrected chi connectivity index (χ4v) is 2.69. The zero-order valence-corrected chi connectivity index (χ0v) is 13.0. The molecule has 1 heterocycles. The number of nitrogens with zero attached hydrogens (tertiary/aromatic N) is 2. The lowest BCUT2D eigenvalue weighted by molar-refractivity contribution is 0.0166. The summed E-state index contributed by atoms with van der Waals surface area (Å²) in [5.74, 6) is 2.14. The first-order valence-electron chi connectivity index (χ1n) is 7.72. The maximum atomic E-state index is 10.5. The molecule has 1 aromatic rings. The predicted octanol–water partition coefficient (Wildman–Crippen LogP) is 2.16. The Bertz CT molecular complexity index is 423. The van der Waals surface area contributed by atoms with Crippen LogP contribution in [0.2, 0.25) is 0 Å². The molecule has 118 valence electrons. The maximum absolute atomic E-state index is 10.5.